The number of benzene rings is 2. The summed E-state index contributed by atoms with van der Waals surface area (Å²) in [7, 11) is 0. The molecule has 1 atom stereocenters. The highest BCUT2D eigenvalue weighted by Gasteiger charge is 2.53. The van der Waals surface area contributed by atoms with E-state index in [4.69, 9.17) is 0 Å². The summed E-state index contributed by atoms with van der Waals surface area (Å²) in [6, 6.07) is 16.7. The number of unbranched alkanes of at least 4 members (excludes halogenated alkanes) is 1. The monoisotopic (exact) mass is 330 g/mol. The topological polar surface area (TPSA) is 36.1 Å². The summed E-state index contributed by atoms with van der Waals surface area (Å²) >= 11 is 0. The van der Waals surface area contributed by atoms with Crippen LogP contribution in [0.2, 0.25) is 0 Å². The first-order chi connectivity index (χ1) is 12.3. The largest absolute Gasteiger partial charge is 0.356 e. The lowest BCUT2D eigenvalue weighted by atomic mass is 9.77. The van der Waals surface area contributed by atoms with E-state index in [2.05, 4.69) is 53.2 Å². The fourth-order valence-corrected chi connectivity index (χ4v) is 4.92. The maximum atomic E-state index is 13.1. The number of aromatic amines is 1. The minimum Gasteiger partial charge on any atom is -0.356 e. The number of para-hydroxylation sites is 1. The molecule has 3 heteroatoms. The summed E-state index contributed by atoms with van der Waals surface area (Å²) in [5, 5.41) is 1.31. The molecule has 2 aliphatic heterocycles. The number of hydrogen-bond acceptors (Lipinski definition) is 1. The van der Waals surface area contributed by atoms with Crippen LogP contribution in [-0.2, 0) is 12.0 Å². The zero-order valence-electron chi connectivity index (χ0n) is 14.5. The van der Waals surface area contributed by atoms with E-state index in [0.29, 0.717) is 0 Å². The van der Waals surface area contributed by atoms with Crippen molar-refractivity contribution in [2.45, 2.75) is 38.1 Å². The SMILES string of the molecule is CCCCC12c3ccccc3C(=O)N1CCc1c2[nH]c2ccccc12. The van der Waals surface area contributed by atoms with E-state index in [-0.39, 0.29) is 11.4 Å². The number of fused-ring (bicyclic) bond motifs is 7. The molecule has 1 N–H and O–H groups in total. The molecule has 126 valence electrons. The van der Waals surface area contributed by atoms with Gasteiger partial charge in [-0.25, -0.2) is 0 Å². The number of amides is 1. The summed E-state index contributed by atoms with van der Waals surface area (Å²) < 4.78 is 0. The Kier molecular flexibility index (Phi) is 3.08. The van der Waals surface area contributed by atoms with E-state index >= 15 is 0 Å². The second-order valence-corrected chi connectivity index (χ2v) is 7.24. The van der Waals surface area contributed by atoms with Gasteiger partial charge in [0, 0.05) is 23.0 Å². The van der Waals surface area contributed by atoms with E-state index in [1.807, 2.05) is 12.1 Å². The predicted octanol–water partition coefficient (Wildman–Crippen LogP) is 4.61. The minimum atomic E-state index is -0.323. The Hall–Kier alpha value is -2.55. The first-order valence-corrected chi connectivity index (χ1v) is 9.29. The van der Waals surface area contributed by atoms with E-state index in [1.165, 1.54) is 27.7 Å². The summed E-state index contributed by atoms with van der Waals surface area (Å²) in [6.45, 7) is 3.02. The third-order valence-corrected chi connectivity index (χ3v) is 6.01. The lowest BCUT2D eigenvalue weighted by Gasteiger charge is -2.43. The molecule has 1 amide bonds. The van der Waals surface area contributed by atoms with Gasteiger partial charge in [-0.05, 0) is 36.1 Å². The fraction of sp³-hybridized carbons (Fsp3) is 0.318. The van der Waals surface area contributed by atoms with E-state index < -0.39 is 0 Å². The number of nitrogens with one attached hydrogen (secondary N) is 1. The van der Waals surface area contributed by atoms with Crippen molar-refractivity contribution in [3.8, 4) is 0 Å². The molecule has 0 fully saturated rings. The van der Waals surface area contributed by atoms with Crippen LogP contribution in [0, 0.1) is 0 Å². The Labute approximate surface area is 147 Å². The van der Waals surface area contributed by atoms with E-state index in [9.17, 15) is 4.79 Å². The van der Waals surface area contributed by atoms with Gasteiger partial charge in [0.25, 0.3) is 5.91 Å². The highest BCUT2D eigenvalue weighted by molar-refractivity contribution is 6.01. The molecular formula is C22H22N2O. The molecule has 0 aliphatic carbocycles. The molecule has 0 bridgehead atoms. The number of carbonyl (C=O) groups is 1. The highest BCUT2D eigenvalue weighted by Crippen LogP contribution is 2.51. The zero-order valence-corrected chi connectivity index (χ0v) is 14.5. The summed E-state index contributed by atoms with van der Waals surface area (Å²) in [6.07, 6.45) is 4.13. The number of aromatic nitrogens is 1. The van der Waals surface area contributed by atoms with Gasteiger partial charge in [0.2, 0.25) is 0 Å². The molecule has 2 aliphatic rings. The number of hydrogen-bond donors (Lipinski definition) is 1. The van der Waals surface area contributed by atoms with Gasteiger partial charge >= 0.3 is 0 Å². The number of H-pyrrole nitrogens is 1. The normalized spacial score (nSPS) is 21.3. The Morgan fingerprint density at radius 2 is 1.92 bits per heavy atom. The van der Waals surface area contributed by atoms with Gasteiger partial charge in [-0.3, -0.25) is 4.79 Å². The van der Waals surface area contributed by atoms with Gasteiger partial charge in [0.1, 0.15) is 5.54 Å². The van der Waals surface area contributed by atoms with Gasteiger partial charge in [0.15, 0.2) is 0 Å². The van der Waals surface area contributed by atoms with E-state index in [1.54, 1.807) is 0 Å². The number of nitrogens with zero attached hydrogens (tertiary/aromatic N) is 1. The summed E-state index contributed by atoms with van der Waals surface area (Å²) in [5.74, 6) is 0.191. The smallest absolute Gasteiger partial charge is 0.255 e. The van der Waals surface area contributed by atoms with Crippen molar-refractivity contribution in [3.63, 3.8) is 0 Å². The van der Waals surface area contributed by atoms with Crippen LogP contribution in [-0.4, -0.2) is 22.3 Å². The second kappa shape index (κ2) is 5.22. The molecule has 0 spiro atoms. The van der Waals surface area contributed by atoms with Crippen LogP contribution in [0.25, 0.3) is 10.9 Å². The lowest BCUT2D eigenvalue weighted by molar-refractivity contribution is 0.0570. The zero-order chi connectivity index (χ0) is 17.0. The standard InChI is InChI=1S/C22H22N2O/c1-2-3-13-22-18-10-6-4-9-17(18)21(25)24(22)14-12-16-15-8-5-7-11-19(15)23-20(16)22/h4-11,23H,2-3,12-14H2,1H3. The van der Waals surface area contributed by atoms with Crippen molar-refractivity contribution in [3.05, 3.63) is 70.9 Å². The third kappa shape index (κ3) is 1.78. The van der Waals surface area contributed by atoms with Crippen molar-refractivity contribution in [2.75, 3.05) is 6.54 Å². The van der Waals surface area contributed by atoms with Crippen LogP contribution in [0.1, 0.15) is 53.4 Å². The molecule has 25 heavy (non-hydrogen) atoms. The molecule has 3 nitrogen and oxygen atoms in total. The predicted molar refractivity (Wildman–Crippen MR) is 99.8 cm³/mol. The maximum Gasteiger partial charge on any atom is 0.255 e. The minimum absolute atomic E-state index is 0.191. The van der Waals surface area contributed by atoms with Crippen molar-refractivity contribution in [2.24, 2.45) is 0 Å². The van der Waals surface area contributed by atoms with Gasteiger partial charge < -0.3 is 9.88 Å². The van der Waals surface area contributed by atoms with Crippen LogP contribution in [0.4, 0.5) is 0 Å². The van der Waals surface area contributed by atoms with Gasteiger partial charge in [-0.2, -0.15) is 0 Å². The fourth-order valence-electron chi connectivity index (χ4n) is 4.92. The maximum absolute atomic E-state index is 13.1. The molecule has 1 aromatic heterocycles. The Bertz CT molecular complexity index is 987. The quantitative estimate of drug-likeness (QED) is 0.748. The molecule has 3 heterocycles. The molecular weight excluding hydrogens is 308 g/mol. The summed E-state index contributed by atoms with van der Waals surface area (Å²) in [5.41, 5.74) is 5.56. The molecule has 1 unspecified atom stereocenters. The Morgan fingerprint density at radius 3 is 2.80 bits per heavy atom. The Balaban J connectivity index is 1.84. The number of carbonyl (C=O) groups excluding carboxylic acids is 1. The third-order valence-electron chi connectivity index (χ3n) is 6.01. The average molecular weight is 330 g/mol. The molecule has 0 saturated heterocycles. The summed E-state index contributed by atoms with van der Waals surface area (Å²) in [4.78, 5) is 19.0. The molecule has 3 aromatic rings. The first kappa shape index (κ1) is 14.8. The average Bonchev–Trinajstić information content (AvgIpc) is 3.15. The van der Waals surface area contributed by atoms with Gasteiger partial charge in [0.05, 0.1) is 5.69 Å². The van der Waals surface area contributed by atoms with Crippen LogP contribution in [0.5, 0.6) is 0 Å². The van der Waals surface area contributed by atoms with Crippen molar-refractivity contribution < 1.29 is 4.79 Å². The van der Waals surface area contributed by atoms with E-state index in [0.717, 1.165) is 37.8 Å². The van der Waals surface area contributed by atoms with Gasteiger partial charge in [-0.1, -0.05) is 56.2 Å². The van der Waals surface area contributed by atoms with Gasteiger partial charge in [-0.15, -0.1) is 0 Å². The van der Waals surface area contributed by atoms with Crippen LogP contribution >= 0.6 is 0 Å². The number of rotatable bonds is 3. The van der Waals surface area contributed by atoms with Crippen LogP contribution in [0.15, 0.2) is 48.5 Å². The lowest BCUT2D eigenvalue weighted by Crippen LogP contribution is -2.49. The van der Waals surface area contributed by atoms with Crippen LogP contribution in [0.3, 0.4) is 0 Å². The van der Waals surface area contributed by atoms with Crippen molar-refractivity contribution >= 4 is 16.8 Å². The highest BCUT2D eigenvalue weighted by atomic mass is 16.2. The first-order valence-electron chi connectivity index (χ1n) is 9.29. The second-order valence-electron chi connectivity index (χ2n) is 7.24. The molecule has 2 aromatic carbocycles. The Morgan fingerprint density at radius 1 is 1.12 bits per heavy atom. The molecule has 0 radical (unpaired) electrons. The van der Waals surface area contributed by atoms with Crippen molar-refractivity contribution in [1.82, 2.24) is 9.88 Å². The molecule has 0 saturated carbocycles. The molecule has 5 rings (SSSR count). The van der Waals surface area contributed by atoms with Crippen LogP contribution < -0.4 is 0 Å². The van der Waals surface area contributed by atoms with Crippen molar-refractivity contribution in [1.29, 1.82) is 0 Å².